The molecule has 4 nitrogen and oxygen atoms in total. The van der Waals surface area contributed by atoms with E-state index in [0.29, 0.717) is 13.2 Å². The van der Waals surface area contributed by atoms with Crippen LogP contribution in [-0.2, 0) is 20.9 Å². The lowest BCUT2D eigenvalue weighted by atomic mass is 10.4. The van der Waals surface area contributed by atoms with Gasteiger partial charge in [0, 0.05) is 5.56 Å². The van der Waals surface area contributed by atoms with E-state index < -0.39 is 0 Å². The number of carbonyl (C=O) groups is 1. The molecule has 0 fully saturated rings. The molecule has 0 atom stereocenters. The molecule has 0 bridgehead atoms. The number of ether oxygens (including phenoxy) is 2. The molecular formula is C11H16O4. The lowest BCUT2D eigenvalue weighted by Crippen LogP contribution is -2.13. The third-order valence-corrected chi connectivity index (χ3v) is 1.83. The molecule has 0 amide bonds. The summed E-state index contributed by atoms with van der Waals surface area (Å²) < 4.78 is 14.9. The molecule has 0 N–H and O–H groups in total. The van der Waals surface area contributed by atoms with E-state index in [-0.39, 0.29) is 12.6 Å². The summed E-state index contributed by atoms with van der Waals surface area (Å²) >= 11 is 0. The highest BCUT2D eigenvalue weighted by Crippen LogP contribution is 2.01. The summed E-state index contributed by atoms with van der Waals surface area (Å²) in [5.74, 6) is -0.313. The van der Waals surface area contributed by atoms with Crippen molar-refractivity contribution in [3.05, 3.63) is 24.2 Å². The number of hydrogen-bond donors (Lipinski definition) is 0. The Morgan fingerprint density at radius 2 is 2.40 bits per heavy atom. The van der Waals surface area contributed by atoms with Gasteiger partial charge in [0.2, 0.25) is 0 Å². The Bertz CT molecular complexity index is 266. The SMILES string of the molecule is CCCCOC(=O)COCc1ccoc1. The summed E-state index contributed by atoms with van der Waals surface area (Å²) in [6, 6.07) is 1.79. The molecule has 0 saturated carbocycles. The van der Waals surface area contributed by atoms with Gasteiger partial charge in [-0.2, -0.15) is 0 Å². The monoisotopic (exact) mass is 212 g/mol. The standard InChI is InChI=1S/C11H16O4/c1-2-3-5-15-11(12)9-14-8-10-4-6-13-7-10/h4,6-7H,2-3,5,8-9H2,1H3. The quantitative estimate of drug-likeness (QED) is 0.513. The topological polar surface area (TPSA) is 48.7 Å². The van der Waals surface area contributed by atoms with Crippen LogP contribution in [0.1, 0.15) is 25.3 Å². The molecule has 1 aromatic rings. The van der Waals surface area contributed by atoms with Crippen LogP contribution in [0.2, 0.25) is 0 Å². The molecule has 0 saturated heterocycles. The summed E-state index contributed by atoms with van der Waals surface area (Å²) in [4.78, 5) is 11.1. The average molecular weight is 212 g/mol. The third-order valence-electron chi connectivity index (χ3n) is 1.83. The maximum Gasteiger partial charge on any atom is 0.332 e. The van der Waals surface area contributed by atoms with Gasteiger partial charge in [-0.25, -0.2) is 4.79 Å². The van der Waals surface area contributed by atoms with Crippen molar-refractivity contribution in [1.82, 2.24) is 0 Å². The Hall–Kier alpha value is -1.29. The smallest absolute Gasteiger partial charge is 0.332 e. The van der Waals surface area contributed by atoms with E-state index in [9.17, 15) is 4.79 Å². The largest absolute Gasteiger partial charge is 0.472 e. The van der Waals surface area contributed by atoms with Gasteiger partial charge >= 0.3 is 5.97 Å². The first kappa shape index (κ1) is 11.8. The fraction of sp³-hybridized carbons (Fsp3) is 0.545. The van der Waals surface area contributed by atoms with Crippen molar-refractivity contribution in [3.63, 3.8) is 0 Å². The van der Waals surface area contributed by atoms with Crippen molar-refractivity contribution < 1.29 is 18.7 Å². The van der Waals surface area contributed by atoms with E-state index in [0.717, 1.165) is 18.4 Å². The second-order valence-electron chi connectivity index (χ2n) is 3.20. The van der Waals surface area contributed by atoms with Gasteiger partial charge in [0.25, 0.3) is 0 Å². The van der Waals surface area contributed by atoms with Crippen LogP contribution in [0.4, 0.5) is 0 Å². The summed E-state index contributed by atoms with van der Waals surface area (Å²) in [6.45, 7) is 2.89. The fourth-order valence-corrected chi connectivity index (χ4v) is 0.999. The fourth-order valence-electron chi connectivity index (χ4n) is 0.999. The first-order valence-corrected chi connectivity index (χ1v) is 5.07. The second-order valence-corrected chi connectivity index (χ2v) is 3.20. The van der Waals surface area contributed by atoms with Crippen LogP contribution < -0.4 is 0 Å². The van der Waals surface area contributed by atoms with E-state index in [1.54, 1.807) is 18.6 Å². The Balaban J connectivity index is 2.02. The van der Waals surface area contributed by atoms with Crippen molar-refractivity contribution in [2.24, 2.45) is 0 Å². The molecule has 0 aromatic carbocycles. The van der Waals surface area contributed by atoms with Crippen LogP contribution in [0, 0.1) is 0 Å². The Morgan fingerprint density at radius 1 is 1.53 bits per heavy atom. The van der Waals surface area contributed by atoms with E-state index in [1.165, 1.54) is 0 Å². The maximum atomic E-state index is 11.1. The molecule has 4 heteroatoms. The predicted molar refractivity (Wildman–Crippen MR) is 54.2 cm³/mol. The molecule has 0 aliphatic rings. The Kier molecular flexibility index (Phi) is 5.55. The van der Waals surface area contributed by atoms with Gasteiger partial charge in [-0.05, 0) is 12.5 Å². The lowest BCUT2D eigenvalue weighted by molar-refractivity contribution is -0.149. The van der Waals surface area contributed by atoms with Gasteiger partial charge in [-0.1, -0.05) is 13.3 Å². The molecule has 0 radical (unpaired) electrons. The third kappa shape index (κ3) is 5.22. The second kappa shape index (κ2) is 7.06. The van der Waals surface area contributed by atoms with Crippen LogP contribution in [0.25, 0.3) is 0 Å². The van der Waals surface area contributed by atoms with Gasteiger partial charge in [-0.15, -0.1) is 0 Å². The molecule has 0 spiro atoms. The van der Waals surface area contributed by atoms with Crippen LogP contribution in [0.15, 0.2) is 23.0 Å². The highest BCUT2D eigenvalue weighted by Gasteiger charge is 2.02. The van der Waals surface area contributed by atoms with Crippen molar-refractivity contribution in [2.75, 3.05) is 13.2 Å². The minimum absolute atomic E-state index is 0.00507. The van der Waals surface area contributed by atoms with Crippen molar-refractivity contribution in [3.8, 4) is 0 Å². The van der Waals surface area contributed by atoms with E-state index in [4.69, 9.17) is 13.9 Å². The van der Waals surface area contributed by atoms with Crippen molar-refractivity contribution in [2.45, 2.75) is 26.4 Å². The van der Waals surface area contributed by atoms with Gasteiger partial charge in [-0.3, -0.25) is 0 Å². The van der Waals surface area contributed by atoms with Crippen LogP contribution in [0.5, 0.6) is 0 Å². The van der Waals surface area contributed by atoms with Crippen LogP contribution >= 0.6 is 0 Å². The number of carbonyl (C=O) groups excluding carboxylic acids is 1. The molecule has 0 unspecified atom stereocenters. The number of unbranched alkanes of at least 4 members (excludes halogenated alkanes) is 1. The van der Waals surface area contributed by atoms with Crippen LogP contribution in [-0.4, -0.2) is 19.2 Å². The maximum absolute atomic E-state index is 11.1. The van der Waals surface area contributed by atoms with Crippen molar-refractivity contribution >= 4 is 5.97 Å². The first-order valence-electron chi connectivity index (χ1n) is 5.07. The molecule has 0 aliphatic carbocycles. The lowest BCUT2D eigenvalue weighted by Gasteiger charge is -2.03. The molecule has 84 valence electrons. The number of hydrogen-bond acceptors (Lipinski definition) is 4. The zero-order valence-corrected chi connectivity index (χ0v) is 8.90. The molecule has 0 aliphatic heterocycles. The summed E-state index contributed by atoms with van der Waals surface area (Å²) in [5, 5.41) is 0. The van der Waals surface area contributed by atoms with Crippen molar-refractivity contribution in [1.29, 1.82) is 0 Å². The van der Waals surface area contributed by atoms with E-state index >= 15 is 0 Å². The van der Waals surface area contributed by atoms with Gasteiger partial charge in [0.15, 0.2) is 0 Å². The highest BCUT2D eigenvalue weighted by molar-refractivity contribution is 5.70. The van der Waals surface area contributed by atoms with Gasteiger partial charge in [0.1, 0.15) is 6.61 Å². The highest BCUT2D eigenvalue weighted by atomic mass is 16.6. The van der Waals surface area contributed by atoms with E-state index in [2.05, 4.69) is 0 Å². The van der Waals surface area contributed by atoms with Gasteiger partial charge < -0.3 is 13.9 Å². The minimum Gasteiger partial charge on any atom is -0.472 e. The molecule has 1 aromatic heterocycles. The summed E-state index contributed by atoms with van der Waals surface area (Å²) in [5.41, 5.74) is 0.913. The Labute approximate surface area is 89.2 Å². The summed E-state index contributed by atoms with van der Waals surface area (Å²) in [6.07, 6.45) is 5.07. The normalized spacial score (nSPS) is 10.2. The van der Waals surface area contributed by atoms with Gasteiger partial charge in [0.05, 0.1) is 25.7 Å². The first-order chi connectivity index (χ1) is 7.33. The van der Waals surface area contributed by atoms with E-state index in [1.807, 2.05) is 6.92 Å². The molecule has 1 heterocycles. The molecule has 1 rings (SSSR count). The number of furan rings is 1. The summed E-state index contributed by atoms with van der Waals surface area (Å²) in [7, 11) is 0. The minimum atomic E-state index is -0.313. The average Bonchev–Trinajstić information content (AvgIpc) is 2.71. The van der Waals surface area contributed by atoms with Crippen LogP contribution in [0.3, 0.4) is 0 Å². The number of rotatable bonds is 7. The Morgan fingerprint density at radius 3 is 3.07 bits per heavy atom. The molecular weight excluding hydrogens is 196 g/mol. The zero-order valence-electron chi connectivity index (χ0n) is 8.90. The predicted octanol–water partition coefficient (Wildman–Crippen LogP) is 2.14. The molecule has 15 heavy (non-hydrogen) atoms. The zero-order chi connectivity index (χ0) is 10.9. The number of esters is 1.